The van der Waals surface area contributed by atoms with E-state index in [2.05, 4.69) is 104 Å². The van der Waals surface area contributed by atoms with E-state index < -0.39 is 6.39 Å². The molecule has 11 heteroatoms. The molecule has 2 nitrogen and oxygen atoms in total. The van der Waals surface area contributed by atoms with Gasteiger partial charge in [0.25, 0.3) is 0 Å². The van der Waals surface area contributed by atoms with Crippen molar-refractivity contribution >= 4 is 104 Å². The predicted molar refractivity (Wildman–Crippen MR) is 161 cm³/mol. The quantitative estimate of drug-likeness (QED) is 0.275. The summed E-state index contributed by atoms with van der Waals surface area (Å²) in [7, 11) is 2.42. The van der Waals surface area contributed by atoms with Crippen molar-refractivity contribution in [2.24, 2.45) is 4.52 Å². The molecule has 35 heavy (non-hydrogen) atoms. The van der Waals surface area contributed by atoms with Crippen molar-refractivity contribution in [3.8, 4) is 16.8 Å². The van der Waals surface area contributed by atoms with E-state index >= 15 is 0 Å². The van der Waals surface area contributed by atoms with E-state index in [-0.39, 0.29) is 7.47 Å². The van der Waals surface area contributed by atoms with Gasteiger partial charge in [0.15, 0.2) is 0 Å². The Morgan fingerprint density at radius 3 is 2.49 bits per heavy atom. The SMILES string of the molecule is [B]1B2[B-]P12(N=[P+]1B2[B-]B21)c1ccc2c3c1c1ccccc1n3-c1cccc3c1B2c1ccccc1-3. The minimum absolute atomic E-state index is 0.0820. The second kappa shape index (κ2) is 5.20. The monoisotopic (exact) mass is 468 g/mol. The maximum absolute atomic E-state index is 5.75. The van der Waals surface area contributed by atoms with Crippen molar-refractivity contribution < 1.29 is 0 Å². The van der Waals surface area contributed by atoms with Gasteiger partial charge in [0.2, 0.25) is 0 Å². The molecule has 0 aliphatic carbocycles. The Kier molecular flexibility index (Phi) is 2.67. The van der Waals surface area contributed by atoms with Crippen LogP contribution in [0.15, 0.2) is 83.4 Å². The average Bonchev–Trinajstić information content (AvgIpc) is 3.82. The Hall–Kier alpha value is -2.34. The van der Waals surface area contributed by atoms with Gasteiger partial charge < -0.3 is 0 Å². The molecule has 1 aromatic heterocycles. The number of benzene rings is 4. The van der Waals surface area contributed by atoms with E-state index in [9.17, 15) is 0 Å². The molecule has 0 saturated carbocycles. The fourth-order valence-corrected chi connectivity index (χ4v) is 16.9. The second-order valence-electron chi connectivity index (χ2n) is 11.2. The third-order valence-corrected chi connectivity index (χ3v) is 18.1. The third kappa shape index (κ3) is 1.79. The molecule has 0 spiro atoms. The number of hydrogen-bond donors (Lipinski definition) is 0. The number of aromatic nitrogens is 1. The summed E-state index contributed by atoms with van der Waals surface area (Å²) in [6.45, 7) is 5.61. The molecule has 151 valence electrons. The molecule has 4 saturated heterocycles. The first-order valence-electron chi connectivity index (χ1n) is 12.7. The van der Waals surface area contributed by atoms with Crippen molar-refractivity contribution in [1.82, 2.24) is 4.57 Å². The number of nitrogens with zero attached hydrogens (tertiary/aromatic N) is 2. The van der Waals surface area contributed by atoms with Crippen LogP contribution in [0.4, 0.5) is 0 Å². The normalized spacial score (nSPS) is 22.1. The van der Waals surface area contributed by atoms with E-state index in [0.717, 1.165) is 12.4 Å². The summed E-state index contributed by atoms with van der Waals surface area (Å²) in [6.07, 6.45) is 0.121. The standard InChI is InChI=1S/C24H13B7N2P2/c1-3-9-17-14(6-1)15-8-5-11-20-23(15)28(17)18-12-13-21(22-16-7-2-4-10-19(16)33(20)24(18)22)35(26-29(35)27-35)32-34-30-25-31(30)34/h1-13H/q-1. The molecule has 7 heterocycles. The van der Waals surface area contributed by atoms with Gasteiger partial charge in [-0.2, -0.15) is 0 Å². The van der Waals surface area contributed by atoms with E-state index in [1.54, 1.807) is 5.30 Å². The third-order valence-electron chi connectivity index (χ3n) is 9.64. The Bertz CT molecular complexity index is 1950. The van der Waals surface area contributed by atoms with E-state index in [0.29, 0.717) is 12.9 Å². The zero-order valence-electron chi connectivity index (χ0n) is 18.8. The first-order chi connectivity index (χ1) is 17.3. The second-order valence-corrected chi connectivity index (χ2v) is 18.1. The summed E-state index contributed by atoms with van der Waals surface area (Å²) in [4.78, 5) is 0. The topological polar surface area (TPSA) is 17.3 Å². The van der Waals surface area contributed by atoms with E-state index in [1.165, 1.54) is 55.0 Å². The first kappa shape index (κ1) is 18.0. The Morgan fingerprint density at radius 2 is 1.66 bits per heavy atom. The van der Waals surface area contributed by atoms with Crippen molar-refractivity contribution in [1.29, 1.82) is 0 Å². The van der Waals surface area contributed by atoms with Crippen molar-refractivity contribution in [3.05, 3.63) is 78.9 Å². The van der Waals surface area contributed by atoms with Gasteiger partial charge in [0, 0.05) is 0 Å². The van der Waals surface area contributed by atoms with Crippen LogP contribution >= 0.6 is 13.9 Å². The molecular weight excluding hydrogens is 454 g/mol. The molecule has 0 amide bonds. The van der Waals surface area contributed by atoms with Gasteiger partial charge in [-0.3, -0.25) is 0 Å². The van der Waals surface area contributed by atoms with Gasteiger partial charge in [0.05, 0.1) is 0 Å². The summed E-state index contributed by atoms with van der Waals surface area (Å²) in [5.74, 6) is 0. The van der Waals surface area contributed by atoms with Crippen molar-refractivity contribution in [3.63, 3.8) is 0 Å². The molecule has 0 unspecified atom stereocenters. The van der Waals surface area contributed by atoms with Crippen LogP contribution in [0, 0.1) is 0 Å². The number of fused-ring (bicyclic) bond motifs is 10. The molecule has 5 radical (unpaired) electrons. The van der Waals surface area contributed by atoms with Crippen LogP contribution in [-0.2, 0) is 0 Å². The minimum atomic E-state index is -2.26. The van der Waals surface area contributed by atoms with Crippen LogP contribution < -0.4 is 21.7 Å². The number of rotatable bonds is 2. The fraction of sp³-hybridized carbons (Fsp3) is 0. The Morgan fingerprint density at radius 1 is 0.857 bits per heavy atom. The molecule has 0 atom stereocenters. The summed E-state index contributed by atoms with van der Waals surface area (Å²) in [5, 5.41) is 4.45. The van der Waals surface area contributed by atoms with Gasteiger partial charge >= 0.3 is 208 Å². The molecule has 4 aromatic carbocycles. The summed E-state index contributed by atoms with van der Waals surface area (Å²) < 4.78 is 8.34. The zero-order valence-corrected chi connectivity index (χ0v) is 20.6. The zero-order chi connectivity index (χ0) is 22.3. The summed E-state index contributed by atoms with van der Waals surface area (Å²) in [6, 6.07) is 30.1. The van der Waals surface area contributed by atoms with Crippen molar-refractivity contribution in [2.75, 3.05) is 0 Å². The Balaban J connectivity index is 1.33. The molecule has 0 N–H and O–H groups in total. The molecular formula is C24H13B7N2P2-. The molecule has 11 rings (SSSR count). The number of para-hydroxylation sites is 1. The fourth-order valence-electron chi connectivity index (χ4n) is 7.61. The predicted octanol–water partition coefficient (Wildman–Crippen LogP) is 2.39. The molecule has 4 fully saturated rings. The van der Waals surface area contributed by atoms with Gasteiger partial charge in [-0.15, -0.1) is 0 Å². The van der Waals surface area contributed by atoms with E-state index in [4.69, 9.17) is 4.52 Å². The van der Waals surface area contributed by atoms with Gasteiger partial charge in [-0.05, 0) is 0 Å². The molecule has 6 aliphatic rings. The average molecular weight is 467 g/mol. The van der Waals surface area contributed by atoms with E-state index in [1.807, 2.05) is 0 Å². The van der Waals surface area contributed by atoms with Crippen LogP contribution in [0.3, 0.4) is 0 Å². The Labute approximate surface area is 207 Å². The summed E-state index contributed by atoms with van der Waals surface area (Å²) in [5.41, 5.74) is 11.3. The molecule has 0 bridgehead atoms. The number of hydrogen-bond acceptors (Lipinski definition) is 1. The first-order valence-corrected chi connectivity index (χ1v) is 16.5. The molecule has 5 aromatic rings. The van der Waals surface area contributed by atoms with Gasteiger partial charge in [0.1, 0.15) is 0 Å². The maximum atomic E-state index is 5.75. The van der Waals surface area contributed by atoms with Crippen LogP contribution in [0.25, 0.3) is 38.6 Å². The van der Waals surface area contributed by atoms with Gasteiger partial charge in [-0.25, -0.2) is 0 Å². The molecule has 6 aliphatic heterocycles. The van der Waals surface area contributed by atoms with Gasteiger partial charge in [-0.1, -0.05) is 0 Å². The van der Waals surface area contributed by atoms with Crippen LogP contribution in [0.5, 0.6) is 0 Å². The summed E-state index contributed by atoms with van der Waals surface area (Å²) >= 11 is 0. The van der Waals surface area contributed by atoms with Crippen molar-refractivity contribution in [2.45, 2.75) is 0 Å². The van der Waals surface area contributed by atoms with Crippen LogP contribution in [0.2, 0.25) is 0 Å². The van der Waals surface area contributed by atoms with Crippen LogP contribution in [-0.4, -0.2) is 50.8 Å². The van der Waals surface area contributed by atoms with Crippen LogP contribution in [0.1, 0.15) is 0 Å².